The number of hydrogen-bond donors (Lipinski definition) is 5. The predicted molar refractivity (Wildman–Crippen MR) is 36.0 cm³/mol. The molecule has 5 atom stereocenters. The summed E-state index contributed by atoms with van der Waals surface area (Å²) in [5.74, 6) is 0. The Labute approximate surface area is 68.6 Å². The largest absolute Gasteiger partial charge is 0.394 e. The van der Waals surface area contributed by atoms with Gasteiger partial charge in [-0.1, -0.05) is 0 Å². The molecule has 1 fully saturated rings. The zero-order valence-electron chi connectivity index (χ0n) is 6.24. The zero-order valence-corrected chi connectivity index (χ0v) is 6.24. The maximum Gasteiger partial charge on any atom is 0.184 e. The molecule has 1 rings (SSSR count). The lowest BCUT2D eigenvalue weighted by Gasteiger charge is -2.37. The summed E-state index contributed by atoms with van der Waals surface area (Å²) >= 11 is 0. The number of aliphatic hydroxyl groups excluding tert-OH is 5. The molecular weight excluding hydrogens is 168 g/mol. The lowest BCUT2D eigenvalue weighted by atomic mass is 10.00. The van der Waals surface area contributed by atoms with Crippen molar-refractivity contribution in [3.8, 4) is 0 Å². The van der Waals surface area contributed by atoms with Gasteiger partial charge in [0.15, 0.2) is 6.29 Å². The van der Waals surface area contributed by atoms with Gasteiger partial charge in [-0.05, 0) is 0 Å². The molecule has 12 heavy (non-hydrogen) atoms. The molecule has 5 N–H and O–H groups in total. The minimum absolute atomic E-state index is 0.526. The molecule has 0 radical (unpaired) electrons. The first kappa shape index (κ1) is 9.85. The van der Waals surface area contributed by atoms with Crippen LogP contribution >= 0.6 is 0 Å². The smallest absolute Gasteiger partial charge is 0.184 e. The van der Waals surface area contributed by atoms with Crippen molar-refractivity contribution in [1.82, 2.24) is 0 Å². The third kappa shape index (κ3) is 1.58. The predicted octanol–water partition coefficient (Wildman–Crippen LogP) is -3.22. The Morgan fingerprint density at radius 2 is 1.50 bits per heavy atom. The third-order valence-corrected chi connectivity index (χ3v) is 1.87. The highest BCUT2D eigenvalue weighted by Crippen LogP contribution is 2.18. The molecule has 1 aliphatic rings. The normalized spacial score (nSPS) is 49.2. The highest BCUT2D eigenvalue weighted by molar-refractivity contribution is 4.87. The van der Waals surface area contributed by atoms with Crippen LogP contribution in [-0.2, 0) is 4.74 Å². The first-order valence-electron chi connectivity index (χ1n) is 3.56. The molecular formula is C6H12O6. The first-order chi connectivity index (χ1) is 5.57. The van der Waals surface area contributed by atoms with Crippen molar-refractivity contribution < 1.29 is 30.3 Å². The van der Waals surface area contributed by atoms with Crippen LogP contribution in [0.25, 0.3) is 0 Å². The van der Waals surface area contributed by atoms with Crippen molar-refractivity contribution in [3.05, 3.63) is 0 Å². The topological polar surface area (TPSA) is 110 Å². The summed E-state index contributed by atoms with van der Waals surface area (Å²) < 4.78 is 4.58. The Hall–Kier alpha value is -0.240. The van der Waals surface area contributed by atoms with Crippen LogP contribution < -0.4 is 0 Å². The van der Waals surface area contributed by atoms with Crippen LogP contribution in [0.1, 0.15) is 0 Å². The van der Waals surface area contributed by atoms with Crippen molar-refractivity contribution in [2.75, 3.05) is 6.61 Å². The van der Waals surface area contributed by atoms with Gasteiger partial charge in [-0.15, -0.1) is 0 Å². The van der Waals surface area contributed by atoms with Crippen molar-refractivity contribution in [2.45, 2.75) is 30.7 Å². The summed E-state index contributed by atoms with van der Waals surface area (Å²) in [5.41, 5.74) is 0. The summed E-state index contributed by atoms with van der Waals surface area (Å²) in [6.45, 7) is -0.526. The molecule has 0 aromatic rings. The van der Waals surface area contributed by atoms with E-state index in [1.807, 2.05) is 0 Å². The van der Waals surface area contributed by atoms with Gasteiger partial charge in [-0.3, -0.25) is 0 Å². The maximum absolute atomic E-state index is 9.12. The van der Waals surface area contributed by atoms with E-state index >= 15 is 0 Å². The minimum Gasteiger partial charge on any atom is -0.394 e. The van der Waals surface area contributed by atoms with E-state index in [2.05, 4.69) is 4.74 Å². The Kier molecular flexibility index (Phi) is 2.99. The van der Waals surface area contributed by atoms with E-state index in [0.29, 0.717) is 0 Å². The van der Waals surface area contributed by atoms with Crippen LogP contribution in [0.15, 0.2) is 0 Å². The first-order valence-corrected chi connectivity index (χ1v) is 3.56. The van der Waals surface area contributed by atoms with Crippen LogP contribution in [0, 0.1) is 0 Å². The van der Waals surface area contributed by atoms with Gasteiger partial charge in [-0.25, -0.2) is 0 Å². The molecule has 0 saturated carbocycles. The molecule has 0 spiro atoms. The SMILES string of the molecule is OC[C@@H]1O[C@H](O)[C@@H](O)[C@@H](O)[C@@H]1O. The fraction of sp³-hybridized carbons (Fsp3) is 1.00. The van der Waals surface area contributed by atoms with E-state index in [1.54, 1.807) is 0 Å². The maximum atomic E-state index is 9.12. The third-order valence-electron chi connectivity index (χ3n) is 1.87. The summed E-state index contributed by atoms with van der Waals surface area (Å²) in [6, 6.07) is 0. The van der Waals surface area contributed by atoms with Gasteiger partial charge in [0.05, 0.1) is 6.61 Å². The van der Waals surface area contributed by atoms with Crippen LogP contribution in [0.5, 0.6) is 0 Å². The van der Waals surface area contributed by atoms with Gasteiger partial charge < -0.3 is 30.3 Å². The van der Waals surface area contributed by atoms with Crippen molar-refractivity contribution in [2.24, 2.45) is 0 Å². The fourth-order valence-corrected chi connectivity index (χ4v) is 1.08. The molecule has 1 saturated heterocycles. The molecule has 0 aromatic carbocycles. The average molecular weight is 180 g/mol. The molecule has 0 aromatic heterocycles. The van der Waals surface area contributed by atoms with E-state index in [9.17, 15) is 0 Å². The Morgan fingerprint density at radius 3 is 2.00 bits per heavy atom. The van der Waals surface area contributed by atoms with Gasteiger partial charge in [0, 0.05) is 0 Å². The molecule has 6 nitrogen and oxygen atoms in total. The molecule has 72 valence electrons. The van der Waals surface area contributed by atoms with Crippen LogP contribution in [0.3, 0.4) is 0 Å². The Bertz CT molecular complexity index is 146. The second-order valence-electron chi connectivity index (χ2n) is 2.72. The lowest BCUT2D eigenvalue weighted by Crippen LogP contribution is -2.58. The van der Waals surface area contributed by atoms with Gasteiger partial charge in [0.25, 0.3) is 0 Å². The van der Waals surface area contributed by atoms with Crippen molar-refractivity contribution in [1.29, 1.82) is 0 Å². The van der Waals surface area contributed by atoms with E-state index < -0.39 is 37.3 Å². The van der Waals surface area contributed by atoms with Crippen LogP contribution in [0.2, 0.25) is 0 Å². The zero-order chi connectivity index (χ0) is 9.30. The molecule has 1 heterocycles. The van der Waals surface area contributed by atoms with Crippen LogP contribution in [-0.4, -0.2) is 62.8 Å². The Balaban J connectivity index is 2.63. The molecule has 0 bridgehead atoms. The molecule has 0 aliphatic carbocycles. The van der Waals surface area contributed by atoms with E-state index in [4.69, 9.17) is 25.5 Å². The van der Waals surface area contributed by atoms with Gasteiger partial charge in [0.1, 0.15) is 24.4 Å². The van der Waals surface area contributed by atoms with Gasteiger partial charge >= 0.3 is 0 Å². The summed E-state index contributed by atoms with van der Waals surface area (Å²) in [5, 5.41) is 44.7. The van der Waals surface area contributed by atoms with Crippen molar-refractivity contribution >= 4 is 0 Å². The molecule has 0 unspecified atom stereocenters. The number of ether oxygens (including phenoxy) is 1. The number of hydrogen-bond acceptors (Lipinski definition) is 6. The average Bonchev–Trinajstić information content (AvgIpc) is 2.08. The summed E-state index contributed by atoms with van der Waals surface area (Å²) in [4.78, 5) is 0. The second kappa shape index (κ2) is 3.65. The van der Waals surface area contributed by atoms with Gasteiger partial charge in [0.2, 0.25) is 0 Å². The van der Waals surface area contributed by atoms with E-state index in [0.717, 1.165) is 0 Å². The van der Waals surface area contributed by atoms with E-state index in [1.165, 1.54) is 0 Å². The highest BCUT2D eigenvalue weighted by atomic mass is 16.6. The molecule has 0 amide bonds. The lowest BCUT2D eigenvalue weighted by molar-refractivity contribution is -0.286. The molecule has 6 heteroatoms. The standard InChI is InChI=1S/C6H12O6/c7-1-2-3(8)4(9)5(10)6(11)12-2/h2-11H,1H2/t2-,3+,4-,5-,6-/m0/s1. The molecule has 1 aliphatic heterocycles. The van der Waals surface area contributed by atoms with Gasteiger partial charge in [-0.2, -0.15) is 0 Å². The van der Waals surface area contributed by atoms with Crippen molar-refractivity contribution in [3.63, 3.8) is 0 Å². The minimum atomic E-state index is -1.57. The fourth-order valence-electron chi connectivity index (χ4n) is 1.08. The highest BCUT2D eigenvalue weighted by Gasteiger charge is 2.42. The van der Waals surface area contributed by atoms with Crippen LogP contribution in [0.4, 0.5) is 0 Å². The summed E-state index contributed by atoms with van der Waals surface area (Å²) in [7, 11) is 0. The van der Waals surface area contributed by atoms with E-state index in [-0.39, 0.29) is 0 Å². The quantitative estimate of drug-likeness (QED) is 0.290. The number of aliphatic hydroxyl groups is 5. The monoisotopic (exact) mass is 180 g/mol. The second-order valence-corrected chi connectivity index (χ2v) is 2.72. The Morgan fingerprint density at radius 1 is 0.917 bits per heavy atom. The number of rotatable bonds is 1. The summed E-state index contributed by atoms with van der Waals surface area (Å²) in [6.07, 6.45) is -7.04.